The molecule has 0 aromatic heterocycles. The third-order valence-electron chi connectivity index (χ3n) is 4.40. The second-order valence-electron chi connectivity index (χ2n) is 6.75. The molecule has 1 aliphatic carbocycles. The number of hydrogen-bond donors (Lipinski definition) is 1. The summed E-state index contributed by atoms with van der Waals surface area (Å²) in [7, 11) is 0. The highest BCUT2D eigenvalue weighted by molar-refractivity contribution is 14.0. The van der Waals surface area contributed by atoms with E-state index in [9.17, 15) is 0 Å². The number of hydrogen-bond acceptors (Lipinski definition) is 2. The van der Waals surface area contributed by atoms with Gasteiger partial charge in [-0.2, -0.15) is 0 Å². The zero-order valence-corrected chi connectivity index (χ0v) is 15.4. The maximum atomic E-state index is 6.15. The van der Waals surface area contributed by atoms with E-state index in [1.54, 1.807) is 0 Å². The summed E-state index contributed by atoms with van der Waals surface area (Å²) < 4.78 is 5.54. The number of halogens is 1. The minimum atomic E-state index is 0. The first-order valence-corrected chi connectivity index (χ1v) is 7.67. The van der Waals surface area contributed by atoms with Gasteiger partial charge < -0.3 is 15.4 Å². The zero-order chi connectivity index (χ0) is 13.9. The van der Waals surface area contributed by atoms with Gasteiger partial charge in [0.2, 0.25) is 0 Å². The highest BCUT2D eigenvalue weighted by Gasteiger charge is 2.37. The topological polar surface area (TPSA) is 50.8 Å². The van der Waals surface area contributed by atoms with Crippen LogP contribution in [0.3, 0.4) is 0 Å². The molecule has 0 amide bonds. The van der Waals surface area contributed by atoms with Crippen LogP contribution in [0.15, 0.2) is 4.99 Å². The van der Waals surface area contributed by atoms with Crippen LogP contribution in [-0.4, -0.2) is 43.2 Å². The van der Waals surface area contributed by atoms with Gasteiger partial charge in [0.05, 0.1) is 12.7 Å². The Morgan fingerprint density at radius 1 is 1.45 bits per heavy atom. The summed E-state index contributed by atoms with van der Waals surface area (Å²) in [5.41, 5.74) is 6.59. The molecule has 1 atom stereocenters. The lowest BCUT2D eigenvalue weighted by molar-refractivity contribution is 0.00508. The lowest BCUT2D eigenvalue weighted by Crippen LogP contribution is -2.48. The molecule has 2 N–H and O–H groups in total. The number of ether oxygens (including phenoxy) is 1. The van der Waals surface area contributed by atoms with Crippen LogP contribution in [0.4, 0.5) is 0 Å². The van der Waals surface area contributed by atoms with Crippen molar-refractivity contribution in [1.29, 1.82) is 0 Å². The van der Waals surface area contributed by atoms with E-state index in [0.717, 1.165) is 32.2 Å². The normalized spacial score (nSPS) is 26.1. The van der Waals surface area contributed by atoms with Crippen molar-refractivity contribution in [2.75, 3.05) is 26.2 Å². The lowest BCUT2D eigenvalue weighted by atomic mass is 9.64. The Bertz CT molecular complexity index is 329. The van der Waals surface area contributed by atoms with Gasteiger partial charge in [0.25, 0.3) is 0 Å². The van der Waals surface area contributed by atoms with Crippen molar-refractivity contribution in [2.24, 2.45) is 22.1 Å². The standard InChI is InChI=1S/C15H29N3O.HI/c1-12(2)9-15(5-4-6-15)11-17-14(16)18-7-8-19-13(3)10-18;/h12-13H,4-11H2,1-3H3,(H2,16,17);1H. The second kappa shape index (κ2) is 7.82. The molecule has 4 nitrogen and oxygen atoms in total. The molecule has 0 aromatic rings. The van der Waals surface area contributed by atoms with Crippen molar-refractivity contribution in [1.82, 2.24) is 4.90 Å². The molecule has 0 spiro atoms. The van der Waals surface area contributed by atoms with E-state index < -0.39 is 0 Å². The third-order valence-corrected chi connectivity index (χ3v) is 4.40. The largest absolute Gasteiger partial charge is 0.375 e. The third kappa shape index (κ3) is 4.76. The van der Waals surface area contributed by atoms with E-state index in [4.69, 9.17) is 15.5 Å². The monoisotopic (exact) mass is 395 g/mol. The van der Waals surface area contributed by atoms with E-state index in [2.05, 4.69) is 25.7 Å². The van der Waals surface area contributed by atoms with Gasteiger partial charge >= 0.3 is 0 Å². The van der Waals surface area contributed by atoms with Crippen LogP contribution in [-0.2, 0) is 4.74 Å². The number of nitrogens with two attached hydrogens (primary N) is 1. The van der Waals surface area contributed by atoms with Crippen LogP contribution in [0.5, 0.6) is 0 Å². The summed E-state index contributed by atoms with van der Waals surface area (Å²) in [5, 5.41) is 0. The van der Waals surface area contributed by atoms with E-state index in [-0.39, 0.29) is 30.1 Å². The van der Waals surface area contributed by atoms with Crippen LogP contribution in [0, 0.1) is 11.3 Å². The van der Waals surface area contributed by atoms with Crippen molar-refractivity contribution < 1.29 is 4.74 Å². The van der Waals surface area contributed by atoms with E-state index >= 15 is 0 Å². The van der Waals surface area contributed by atoms with Crippen LogP contribution >= 0.6 is 24.0 Å². The number of guanidine groups is 1. The molecule has 5 heteroatoms. The Labute approximate surface area is 140 Å². The predicted molar refractivity (Wildman–Crippen MR) is 94.6 cm³/mol. The van der Waals surface area contributed by atoms with Crippen LogP contribution in [0.2, 0.25) is 0 Å². The van der Waals surface area contributed by atoms with Gasteiger partial charge in [0, 0.05) is 19.6 Å². The number of nitrogens with zero attached hydrogens (tertiary/aromatic N) is 2. The molecule has 2 fully saturated rings. The summed E-state index contributed by atoms with van der Waals surface area (Å²) in [5.74, 6) is 1.46. The molecule has 0 bridgehead atoms. The fourth-order valence-electron chi connectivity index (χ4n) is 3.34. The van der Waals surface area contributed by atoms with Gasteiger partial charge in [-0.3, -0.25) is 4.99 Å². The van der Waals surface area contributed by atoms with Gasteiger partial charge in [-0.25, -0.2) is 0 Å². The lowest BCUT2D eigenvalue weighted by Gasteiger charge is -2.42. The second-order valence-corrected chi connectivity index (χ2v) is 6.75. The minimum absolute atomic E-state index is 0. The van der Waals surface area contributed by atoms with Gasteiger partial charge in [-0.15, -0.1) is 24.0 Å². The molecule has 0 aromatic carbocycles. The zero-order valence-electron chi connectivity index (χ0n) is 13.1. The Morgan fingerprint density at radius 3 is 2.65 bits per heavy atom. The Hall–Kier alpha value is -0.0400. The Balaban J connectivity index is 0.00000200. The van der Waals surface area contributed by atoms with Crippen LogP contribution in [0.1, 0.15) is 46.5 Å². The summed E-state index contributed by atoms with van der Waals surface area (Å²) in [6, 6.07) is 0. The average molecular weight is 395 g/mol. The van der Waals surface area contributed by atoms with Crippen molar-refractivity contribution in [3.8, 4) is 0 Å². The van der Waals surface area contributed by atoms with Gasteiger partial charge in [-0.05, 0) is 37.5 Å². The number of morpholine rings is 1. The molecule has 1 saturated carbocycles. The fraction of sp³-hybridized carbons (Fsp3) is 0.933. The van der Waals surface area contributed by atoms with E-state index in [1.165, 1.54) is 25.7 Å². The molecule has 1 aliphatic heterocycles. The molecule has 0 radical (unpaired) electrons. The SMILES string of the molecule is CC(C)CC1(CN=C(N)N2CCOC(C)C2)CCC1.I. The molecule has 2 aliphatic rings. The molecular weight excluding hydrogens is 365 g/mol. The van der Waals surface area contributed by atoms with Gasteiger partial charge in [0.1, 0.15) is 0 Å². The maximum absolute atomic E-state index is 6.15. The predicted octanol–water partition coefficient (Wildman–Crippen LogP) is 2.86. The molecule has 1 saturated heterocycles. The Morgan fingerprint density at radius 2 is 2.15 bits per heavy atom. The minimum Gasteiger partial charge on any atom is -0.375 e. The number of aliphatic imine (C=N–C) groups is 1. The first-order valence-electron chi connectivity index (χ1n) is 7.67. The summed E-state index contributed by atoms with van der Waals surface area (Å²) in [6.45, 7) is 10.1. The maximum Gasteiger partial charge on any atom is 0.191 e. The van der Waals surface area contributed by atoms with E-state index in [1.807, 2.05) is 0 Å². The quantitative estimate of drug-likeness (QED) is 0.453. The molecule has 1 heterocycles. The smallest absolute Gasteiger partial charge is 0.191 e. The first-order chi connectivity index (χ1) is 9.01. The Kier molecular flexibility index (Phi) is 7.04. The van der Waals surface area contributed by atoms with Crippen molar-refractivity contribution in [2.45, 2.75) is 52.6 Å². The molecule has 1 unspecified atom stereocenters. The van der Waals surface area contributed by atoms with E-state index in [0.29, 0.717) is 11.4 Å². The highest BCUT2D eigenvalue weighted by atomic mass is 127. The van der Waals surface area contributed by atoms with Crippen LogP contribution < -0.4 is 5.73 Å². The average Bonchev–Trinajstić information content (AvgIpc) is 2.31. The van der Waals surface area contributed by atoms with Crippen molar-refractivity contribution in [3.63, 3.8) is 0 Å². The molecule has 118 valence electrons. The molecule has 20 heavy (non-hydrogen) atoms. The van der Waals surface area contributed by atoms with Crippen molar-refractivity contribution in [3.05, 3.63) is 0 Å². The van der Waals surface area contributed by atoms with Crippen LogP contribution in [0.25, 0.3) is 0 Å². The summed E-state index contributed by atoms with van der Waals surface area (Å²) >= 11 is 0. The van der Waals surface area contributed by atoms with Crippen molar-refractivity contribution >= 4 is 29.9 Å². The molecular formula is C15H30IN3O. The molecule has 2 rings (SSSR count). The fourth-order valence-corrected chi connectivity index (χ4v) is 3.34. The van der Waals surface area contributed by atoms with Gasteiger partial charge in [-0.1, -0.05) is 20.3 Å². The first kappa shape index (κ1) is 18.0. The summed E-state index contributed by atoms with van der Waals surface area (Å²) in [4.78, 5) is 6.86. The number of rotatable bonds is 4. The highest BCUT2D eigenvalue weighted by Crippen LogP contribution is 2.46. The van der Waals surface area contributed by atoms with Gasteiger partial charge in [0.15, 0.2) is 5.96 Å². The summed E-state index contributed by atoms with van der Waals surface area (Å²) in [6.07, 6.45) is 5.54.